The van der Waals surface area contributed by atoms with Gasteiger partial charge in [0.25, 0.3) is 0 Å². The highest BCUT2D eigenvalue weighted by Crippen LogP contribution is 2.18. The van der Waals surface area contributed by atoms with Gasteiger partial charge in [0.15, 0.2) is 0 Å². The van der Waals surface area contributed by atoms with Gasteiger partial charge in [-0.25, -0.2) is 4.98 Å². The van der Waals surface area contributed by atoms with Crippen molar-refractivity contribution in [2.24, 2.45) is 5.73 Å². The third kappa shape index (κ3) is 1.41. The smallest absolute Gasteiger partial charge is 0.0921 e. The molecule has 1 aromatic rings. The molecule has 0 aliphatic carbocycles. The second kappa shape index (κ2) is 3.02. The first kappa shape index (κ1) is 8.23. The van der Waals surface area contributed by atoms with Gasteiger partial charge in [-0.2, -0.15) is 0 Å². The van der Waals surface area contributed by atoms with Crippen LogP contribution in [0, 0.1) is 0 Å². The van der Waals surface area contributed by atoms with Gasteiger partial charge >= 0.3 is 0 Å². The molecule has 0 amide bonds. The summed E-state index contributed by atoms with van der Waals surface area (Å²) in [5, 5.41) is 9.03. The van der Waals surface area contributed by atoms with Crippen LogP contribution in [0.2, 0.25) is 0 Å². The lowest BCUT2D eigenvalue weighted by molar-refractivity contribution is 0.207. The Morgan fingerprint density at radius 3 is 2.91 bits per heavy atom. The highest BCUT2D eigenvalue weighted by Gasteiger charge is 2.25. The van der Waals surface area contributed by atoms with E-state index < -0.39 is 0 Å². The van der Waals surface area contributed by atoms with Crippen molar-refractivity contribution in [3.63, 3.8) is 0 Å². The molecule has 11 heavy (non-hydrogen) atoms. The van der Waals surface area contributed by atoms with Crippen LogP contribution in [0.3, 0.4) is 0 Å². The summed E-state index contributed by atoms with van der Waals surface area (Å²) in [6.45, 7) is 2.33. The fourth-order valence-corrected chi connectivity index (χ4v) is 0.846. The van der Waals surface area contributed by atoms with Gasteiger partial charge in [-0.3, -0.25) is 0 Å². The molecule has 0 aliphatic heterocycles. The van der Waals surface area contributed by atoms with E-state index in [9.17, 15) is 0 Å². The van der Waals surface area contributed by atoms with Crippen LogP contribution in [0.25, 0.3) is 0 Å². The number of rotatable bonds is 3. The van der Waals surface area contributed by atoms with E-state index in [1.165, 1.54) is 0 Å². The number of nitrogens with one attached hydrogen (secondary N) is 1. The molecule has 1 rings (SSSR count). The van der Waals surface area contributed by atoms with Gasteiger partial charge in [0.2, 0.25) is 0 Å². The van der Waals surface area contributed by atoms with Crippen LogP contribution < -0.4 is 5.73 Å². The number of aliphatic hydroxyl groups is 1. The first-order valence-corrected chi connectivity index (χ1v) is 3.53. The summed E-state index contributed by atoms with van der Waals surface area (Å²) in [5.41, 5.74) is 6.00. The third-order valence-corrected chi connectivity index (χ3v) is 1.95. The largest absolute Gasteiger partial charge is 0.395 e. The van der Waals surface area contributed by atoms with E-state index in [2.05, 4.69) is 9.97 Å². The topological polar surface area (TPSA) is 74.9 Å². The zero-order valence-electron chi connectivity index (χ0n) is 6.54. The van der Waals surface area contributed by atoms with Crippen molar-refractivity contribution in [1.82, 2.24) is 9.97 Å². The lowest BCUT2D eigenvalue weighted by atomic mass is 9.89. The van der Waals surface area contributed by atoms with Crippen molar-refractivity contribution < 1.29 is 5.11 Å². The first-order valence-electron chi connectivity index (χ1n) is 3.53. The minimum absolute atomic E-state index is 0.0334. The molecular weight excluding hydrogens is 142 g/mol. The highest BCUT2D eigenvalue weighted by atomic mass is 16.3. The fraction of sp³-hybridized carbons (Fsp3) is 0.571. The SMILES string of the molecule is CC(CN)(CO)c1cnc[nH]1. The average molecular weight is 155 g/mol. The van der Waals surface area contributed by atoms with E-state index >= 15 is 0 Å². The first-order chi connectivity index (χ1) is 5.23. The predicted octanol–water partition coefficient (Wildman–Crippen LogP) is -0.382. The summed E-state index contributed by atoms with van der Waals surface area (Å²) in [5.74, 6) is 0. The Morgan fingerprint density at radius 2 is 2.55 bits per heavy atom. The molecular formula is C7H13N3O. The van der Waals surface area contributed by atoms with Crippen LogP contribution >= 0.6 is 0 Å². The molecule has 0 aromatic carbocycles. The summed E-state index contributed by atoms with van der Waals surface area (Å²) >= 11 is 0. The quantitative estimate of drug-likeness (QED) is 0.557. The Morgan fingerprint density at radius 1 is 1.82 bits per heavy atom. The van der Waals surface area contributed by atoms with Crippen LogP contribution in [0.1, 0.15) is 12.6 Å². The molecule has 0 fully saturated rings. The lowest BCUT2D eigenvalue weighted by Crippen LogP contribution is -2.35. The minimum Gasteiger partial charge on any atom is -0.395 e. The zero-order valence-corrected chi connectivity index (χ0v) is 6.54. The standard InChI is InChI=1S/C7H13N3O/c1-7(3-8,4-11)6-2-9-5-10-6/h2,5,11H,3-4,8H2,1H3,(H,9,10). The number of aromatic nitrogens is 2. The minimum atomic E-state index is -0.378. The van der Waals surface area contributed by atoms with Gasteiger partial charge in [0, 0.05) is 23.9 Å². The Kier molecular flexibility index (Phi) is 2.26. The molecule has 4 N–H and O–H groups in total. The number of nitrogens with two attached hydrogens (primary N) is 1. The molecule has 0 bridgehead atoms. The molecule has 1 heterocycles. The number of nitrogens with zero attached hydrogens (tertiary/aromatic N) is 1. The van der Waals surface area contributed by atoms with Crippen molar-refractivity contribution in [3.8, 4) is 0 Å². The predicted molar refractivity (Wildman–Crippen MR) is 42.1 cm³/mol. The molecule has 1 aromatic heterocycles. The molecule has 0 saturated heterocycles. The molecule has 0 saturated carbocycles. The van der Waals surface area contributed by atoms with E-state index in [0.29, 0.717) is 6.54 Å². The second-order valence-corrected chi connectivity index (χ2v) is 2.89. The van der Waals surface area contributed by atoms with Crippen LogP contribution in [0.15, 0.2) is 12.5 Å². The molecule has 1 unspecified atom stereocenters. The maximum atomic E-state index is 9.03. The van der Waals surface area contributed by atoms with Crippen molar-refractivity contribution in [2.75, 3.05) is 13.2 Å². The molecule has 1 atom stereocenters. The monoisotopic (exact) mass is 155 g/mol. The maximum Gasteiger partial charge on any atom is 0.0921 e. The second-order valence-electron chi connectivity index (χ2n) is 2.89. The van der Waals surface area contributed by atoms with E-state index in [1.807, 2.05) is 6.92 Å². The van der Waals surface area contributed by atoms with Gasteiger partial charge in [0.05, 0.1) is 12.9 Å². The Hall–Kier alpha value is -0.870. The Balaban J connectivity index is 2.87. The lowest BCUT2D eigenvalue weighted by Gasteiger charge is -2.23. The van der Waals surface area contributed by atoms with E-state index in [4.69, 9.17) is 10.8 Å². The maximum absolute atomic E-state index is 9.03. The van der Waals surface area contributed by atoms with Gasteiger partial charge in [-0.15, -0.1) is 0 Å². The van der Waals surface area contributed by atoms with E-state index in [-0.39, 0.29) is 12.0 Å². The number of imidazole rings is 1. The Bertz CT molecular complexity index is 203. The number of aromatic amines is 1. The van der Waals surface area contributed by atoms with Crippen LogP contribution in [-0.4, -0.2) is 28.2 Å². The normalized spacial score (nSPS) is 16.3. The molecule has 0 radical (unpaired) electrons. The zero-order chi connectivity index (χ0) is 8.32. The third-order valence-electron chi connectivity index (χ3n) is 1.95. The summed E-state index contributed by atoms with van der Waals surface area (Å²) in [6, 6.07) is 0. The summed E-state index contributed by atoms with van der Waals surface area (Å²) in [7, 11) is 0. The summed E-state index contributed by atoms with van der Waals surface area (Å²) in [4.78, 5) is 6.79. The number of H-pyrrole nitrogens is 1. The van der Waals surface area contributed by atoms with Gasteiger partial charge in [0.1, 0.15) is 0 Å². The summed E-state index contributed by atoms with van der Waals surface area (Å²) in [6.07, 6.45) is 3.27. The van der Waals surface area contributed by atoms with Crippen molar-refractivity contribution >= 4 is 0 Å². The van der Waals surface area contributed by atoms with E-state index in [0.717, 1.165) is 5.69 Å². The highest BCUT2D eigenvalue weighted by molar-refractivity contribution is 5.12. The molecule has 4 nitrogen and oxygen atoms in total. The van der Waals surface area contributed by atoms with E-state index in [1.54, 1.807) is 12.5 Å². The van der Waals surface area contributed by atoms with Gasteiger partial charge in [-0.05, 0) is 0 Å². The van der Waals surface area contributed by atoms with Gasteiger partial charge < -0.3 is 15.8 Å². The molecule has 4 heteroatoms. The molecule has 62 valence electrons. The molecule has 0 aliphatic rings. The van der Waals surface area contributed by atoms with Gasteiger partial charge in [-0.1, -0.05) is 6.92 Å². The summed E-state index contributed by atoms with van der Waals surface area (Å²) < 4.78 is 0. The Labute approximate surface area is 65.5 Å². The molecule has 0 spiro atoms. The number of hydrogen-bond acceptors (Lipinski definition) is 3. The number of hydrogen-bond donors (Lipinski definition) is 3. The van der Waals surface area contributed by atoms with Crippen LogP contribution in [0.5, 0.6) is 0 Å². The fourth-order valence-electron chi connectivity index (χ4n) is 0.846. The van der Waals surface area contributed by atoms with Crippen LogP contribution in [-0.2, 0) is 5.41 Å². The van der Waals surface area contributed by atoms with Crippen LogP contribution in [0.4, 0.5) is 0 Å². The van der Waals surface area contributed by atoms with Crippen molar-refractivity contribution in [2.45, 2.75) is 12.3 Å². The van der Waals surface area contributed by atoms with Crippen molar-refractivity contribution in [1.29, 1.82) is 0 Å². The number of aliphatic hydroxyl groups excluding tert-OH is 1. The van der Waals surface area contributed by atoms with Crippen molar-refractivity contribution in [3.05, 3.63) is 18.2 Å². The average Bonchev–Trinajstić information content (AvgIpc) is 2.55.